The van der Waals surface area contributed by atoms with E-state index in [1.54, 1.807) is 24.0 Å². The van der Waals surface area contributed by atoms with Gasteiger partial charge in [-0.1, -0.05) is 6.07 Å². The fourth-order valence-electron chi connectivity index (χ4n) is 2.98. The van der Waals surface area contributed by atoms with E-state index < -0.39 is 10.0 Å². The number of sulfonamides is 1. The smallest absolute Gasteiger partial charge is 0.409 e. The number of carbonyl (C=O) groups is 2. The van der Waals surface area contributed by atoms with Crippen molar-refractivity contribution in [3.63, 3.8) is 0 Å². The number of hydrogen-bond acceptors (Lipinski definition) is 5. The Balaban J connectivity index is 1.60. The maximum absolute atomic E-state index is 12.7. The quantitative estimate of drug-likeness (QED) is 0.759. The summed E-state index contributed by atoms with van der Waals surface area (Å²) in [6.45, 7) is 2.94. The summed E-state index contributed by atoms with van der Waals surface area (Å²) in [7, 11) is -3.74. The monoisotopic (exact) mass is 395 g/mol. The SMILES string of the molecule is CCOC(=O)N1CCC(NS(=O)(=O)c2cccc(C(=O)NC3CC3)c2)CC1. The first-order valence-electron chi connectivity index (χ1n) is 9.24. The fraction of sp³-hybridized carbons (Fsp3) is 0.556. The van der Waals surface area contributed by atoms with Crippen molar-refractivity contribution in [1.82, 2.24) is 14.9 Å². The summed E-state index contributed by atoms with van der Waals surface area (Å²) in [4.78, 5) is 25.5. The third-order valence-corrected chi connectivity index (χ3v) is 6.18. The molecule has 2 N–H and O–H groups in total. The van der Waals surface area contributed by atoms with Crippen LogP contribution in [-0.2, 0) is 14.8 Å². The summed E-state index contributed by atoms with van der Waals surface area (Å²) < 4.78 is 33.0. The van der Waals surface area contributed by atoms with Crippen LogP contribution in [0.4, 0.5) is 4.79 Å². The van der Waals surface area contributed by atoms with Crippen LogP contribution >= 0.6 is 0 Å². The molecule has 27 heavy (non-hydrogen) atoms. The van der Waals surface area contributed by atoms with Crippen molar-refractivity contribution in [2.45, 2.75) is 49.6 Å². The van der Waals surface area contributed by atoms with Crippen molar-refractivity contribution < 1.29 is 22.7 Å². The first-order chi connectivity index (χ1) is 12.9. The molecule has 2 aliphatic rings. The molecule has 148 valence electrons. The van der Waals surface area contributed by atoms with E-state index in [2.05, 4.69) is 10.0 Å². The van der Waals surface area contributed by atoms with Crippen molar-refractivity contribution in [2.24, 2.45) is 0 Å². The average molecular weight is 395 g/mol. The fourth-order valence-corrected chi connectivity index (χ4v) is 4.33. The molecule has 1 aliphatic heterocycles. The van der Waals surface area contributed by atoms with Crippen molar-refractivity contribution >= 4 is 22.0 Å². The molecule has 8 nitrogen and oxygen atoms in total. The highest BCUT2D eigenvalue weighted by molar-refractivity contribution is 7.89. The average Bonchev–Trinajstić information content (AvgIpc) is 3.46. The van der Waals surface area contributed by atoms with Gasteiger partial charge in [0, 0.05) is 30.7 Å². The third kappa shape index (κ3) is 5.20. The summed E-state index contributed by atoms with van der Waals surface area (Å²) in [6.07, 6.45) is 2.60. The summed E-state index contributed by atoms with van der Waals surface area (Å²) >= 11 is 0. The van der Waals surface area contributed by atoms with Gasteiger partial charge in [0.25, 0.3) is 5.91 Å². The highest BCUT2D eigenvalue weighted by Gasteiger charge is 2.28. The largest absolute Gasteiger partial charge is 0.450 e. The standard InChI is InChI=1S/C18H25N3O5S/c1-2-26-18(23)21-10-8-15(9-11-21)20-27(24,25)16-5-3-4-13(12-16)17(22)19-14-6-7-14/h3-5,12,14-15,20H,2,6-11H2,1H3,(H,19,22). The second-order valence-corrected chi connectivity index (χ2v) is 8.57. The van der Waals surface area contributed by atoms with E-state index in [1.807, 2.05) is 0 Å². The molecule has 1 saturated carbocycles. The third-order valence-electron chi connectivity index (χ3n) is 4.66. The first kappa shape index (κ1) is 19.6. The van der Waals surface area contributed by atoms with Crippen LogP contribution in [0.25, 0.3) is 0 Å². The van der Waals surface area contributed by atoms with Crippen molar-refractivity contribution in [1.29, 1.82) is 0 Å². The van der Waals surface area contributed by atoms with Gasteiger partial charge < -0.3 is 15.0 Å². The lowest BCUT2D eigenvalue weighted by Crippen LogP contribution is -2.46. The lowest BCUT2D eigenvalue weighted by atomic mass is 10.1. The molecule has 3 rings (SSSR count). The van der Waals surface area contributed by atoms with E-state index in [-0.39, 0.29) is 29.0 Å². The number of piperidine rings is 1. The van der Waals surface area contributed by atoms with Crippen molar-refractivity contribution in [3.05, 3.63) is 29.8 Å². The van der Waals surface area contributed by atoms with E-state index >= 15 is 0 Å². The van der Waals surface area contributed by atoms with Crippen molar-refractivity contribution in [2.75, 3.05) is 19.7 Å². The number of benzene rings is 1. The van der Waals surface area contributed by atoms with Crippen LogP contribution in [0.3, 0.4) is 0 Å². The molecule has 1 saturated heterocycles. The van der Waals surface area contributed by atoms with Crippen LogP contribution < -0.4 is 10.0 Å². The van der Waals surface area contributed by atoms with Crippen LogP contribution in [0, 0.1) is 0 Å². The molecule has 0 aromatic heterocycles. The highest BCUT2D eigenvalue weighted by Crippen LogP contribution is 2.20. The molecule has 1 aromatic carbocycles. The lowest BCUT2D eigenvalue weighted by Gasteiger charge is -2.31. The summed E-state index contributed by atoms with van der Waals surface area (Å²) in [5.74, 6) is -0.253. The normalized spacial score (nSPS) is 18.2. The Labute approximate surface area is 159 Å². The number of nitrogens with one attached hydrogen (secondary N) is 2. The number of nitrogens with zero attached hydrogens (tertiary/aromatic N) is 1. The molecule has 0 radical (unpaired) electrons. The van der Waals surface area contributed by atoms with Gasteiger partial charge in [-0.25, -0.2) is 17.9 Å². The Bertz CT molecular complexity index is 799. The zero-order valence-electron chi connectivity index (χ0n) is 15.3. The van der Waals surface area contributed by atoms with Crippen LogP contribution in [0.15, 0.2) is 29.2 Å². The molecule has 0 unspecified atom stereocenters. The Morgan fingerprint density at radius 2 is 1.85 bits per heavy atom. The number of ether oxygens (including phenoxy) is 1. The van der Waals surface area contributed by atoms with Gasteiger partial charge in [0.15, 0.2) is 0 Å². The van der Waals surface area contributed by atoms with Gasteiger partial charge >= 0.3 is 6.09 Å². The minimum atomic E-state index is -3.74. The van der Waals surface area contributed by atoms with E-state index in [0.29, 0.717) is 38.1 Å². The van der Waals surface area contributed by atoms with Crippen LogP contribution in [0.2, 0.25) is 0 Å². The second kappa shape index (κ2) is 8.26. The molecule has 0 spiro atoms. The molecule has 1 aromatic rings. The van der Waals surface area contributed by atoms with E-state index in [9.17, 15) is 18.0 Å². The topological polar surface area (TPSA) is 105 Å². The zero-order chi connectivity index (χ0) is 19.4. The maximum atomic E-state index is 12.7. The molecule has 0 bridgehead atoms. The predicted molar refractivity (Wildman–Crippen MR) is 98.9 cm³/mol. The minimum Gasteiger partial charge on any atom is -0.450 e. The molecular weight excluding hydrogens is 370 g/mol. The van der Waals surface area contributed by atoms with Crippen LogP contribution in [0.1, 0.15) is 43.0 Å². The molecule has 2 fully saturated rings. The van der Waals surface area contributed by atoms with E-state index in [4.69, 9.17) is 4.74 Å². The molecule has 1 aliphatic carbocycles. The first-order valence-corrected chi connectivity index (χ1v) is 10.7. The Hall–Kier alpha value is -2.13. The zero-order valence-corrected chi connectivity index (χ0v) is 16.1. The van der Waals surface area contributed by atoms with Gasteiger partial charge in [0.05, 0.1) is 11.5 Å². The number of likely N-dealkylation sites (tertiary alicyclic amines) is 1. The molecule has 0 atom stereocenters. The molecule has 2 amide bonds. The number of rotatable bonds is 6. The Morgan fingerprint density at radius 3 is 2.48 bits per heavy atom. The second-order valence-electron chi connectivity index (χ2n) is 6.86. The van der Waals surface area contributed by atoms with Crippen LogP contribution in [-0.4, -0.2) is 57.1 Å². The number of amides is 2. The van der Waals surface area contributed by atoms with E-state index in [0.717, 1.165) is 12.8 Å². The highest BCUT2D eigenvalue weighted by atomic mass is 32.2. The van der Waals surface area contributed by atoms with Gasteiger partial charge in [-0.15, -0.1) is 0 Å². The van der Waals surface area contributed by atoms with Gasteiger partial charge in [-0.2, -0.15) is 0 Å². The van der Waals surface area contributed by atoms with Crippen LogP contribution in [0.5, 0.6) is 0 Å². The molecule has 9 heteroatoms. The minimum absolute atomic E-state index is 0.0683. The van der Waals surface area contributed by atoms with Gasteiger partial charge in [0.1, 0.15) is 0 Å². The molecular formula is C18H25N3O5S. The lowest BCUT2D eigenvalue weighted by molar-refractivity contribution is 0.0947. The summed E-state index contributed by atoms with van der Waals surface area (Å²) in [5.41, 5.74) is 0.335. The number of carbonyl (C=O) groups excluding carboxylic acids is 2. The van der Waals surface area contributed by atoms with Gasteiger partial charge in [-0.3, -0.25) is 4.79 Å². The molecule has 1 heterocycles. The number of hydrogen-bond donors (Lipinski definition) is 2. The van der Waals surface area contributed by atoms with Gasteiger partial charge in [-0.05, 0) is 50.8 Å². The summed E-state index contributed by atoms with van der Waals surface area (Å²) in [6, 6.07) is 6.00. The van der Waals surface area contributed by atoms with Gasteiger partial charge in [0.2, 0.25) is 10.0 Å². The summed E-state index contributed by atoms with van der Waals surface area (Å²) in [5, 5.41) is 2.85. The predicted octanol–water partition coefficient (Wildman–Crippen LogP) is 1.48. The van der Waals surface area contributed by atoms with E-state index in [1.165, 1.54) is 12.1 Å². The Morgan fingerprint density at radius 1 is 1.15 bits per heavy atom. The Kier molecular flexibility index (Phi) is 6.01. The van der Waals surface area contributed by atoms with Crippen molar-refractivity contribution in [3.8, 4) is 0 Å². The maximum Gasteiger partial charge on any atom is 0.409 e.